The quantitative estimate of drug-likeness (QED) is 0.613. The molecule has 2 aromatic rings. The molecular formula is C19H21F3N2O5S. The van der Waals surface area contributed by atoms with Gasteiger partial charge in [0.1, 0.15) is 18.5 Å². The Morgan fingerprint density at radius 3 is 2.30 bits per heavy atom. The number of rotatable bonds is 9. The van der Waals surface area contributed by atoms with Crippen LogP contribution in [0.25, 0.3) is 0 Å². The summed E-state index contributed by atoms with van der Waals surface area (Å²) in [6.45, 7) is -0.952. The van der Waals surface area contributed by atoms with Gasteiger partial charge in [-0.15, -0.1) is 0 Å². The van der Waals surface area contributed by atoms with E-state index in [2.05, 4.69) is 5.32 Å². The largest absolute Gasteiger partial charge is 0.491 e. The molecule has 1 unspecified atom stereocenters. The van der Waals surface area contributed by atoms with Crippen LogP contribution in [-0.2, 0) is 21.0 Å². The van der Waals surface area contributed by atoms with Crippen molar-refractivity contribution >= 4 is 15.9 Å². The summed E-state index contributed by atoms with van der Waals surface area (Å²) < 4.78 is 68.3. The number of amides is 1. The van der Waals surface area contributed by atoms with Crippen molar-refractivity contribution in [2.45, 2.75) is 17.2 Å². The van der Waals surface area contributed by atoms with Gasteiger partial charge >= 0.3 is 6.18 Å². The van der Waals surface area contributed by atoms with Gasteiger partial charge < -0.3 is 15.2 Å². The van der Waals surface area contributed by atoms with Gasteiger partial charge in [-0.25, -0.2) is 8.42 Å². The van der Waals surface area contributed by atoms with Gasteiger partial charge in [-0.2, -0.15) is 17.5 Å². The number of hydrogen-bond donors (Lipinski definition) is 2. The highest BCUT2D eigenvalue weighted by molar-refractivity contribution is 7.89. The van der Waals surface area contributed by atoms with Gasteiger partial charge in [0.2, 0.25) is 15.9 Å². The predicted molar refractivity (Wildman–Crippen MR) is 102 cm³/mol. The minimum Gasteiger partial charge on any atom is -0.491 e. The smallest absolute Gasteiger partial charge is 0.416 e. The number of hydrogen-bond acceptors (Lipinski definition) is 5. The van der Waals surface area contributed by atoms with E-state index in [-0.39, 0.29) is 23.8 Å². The molecule has 0 fully saturated rings. The number of benzene rings is 2. The summed E-state index contributed by atoms with van der Waals surface area (Å²) in [7, 11) is -2.57. The molecule has 0 spiro atoms. The molecule has 0 bridgehead atoms. The highest BCUT2D eigenvalue weighted by Gasteiger charge is 2.30. The molecule has 2 rings (SSSR count). The third kappa shape index (κ3) is 6.71. The van der Waals surface area contributed by atoms with Crippen molar-refractivity contribution in [2.24, 2.45) is 0 Å². The van der Waals surface area contributed by atoms with Crippen molar-refractivity contribution < 1.29 is 36.2 Å². The number of nitrogens with one attached hydrogen (secondary N) is 1. The van der Waals surface area contributed by atoms with Crippen molar-refractivity contribution in [3.05, 3.63) is 60.2 Å². The molecule has 0 aliphatic heterocycles. The molecule has 1 atom stereocenters. The minimum atomic E-state index is -4.45. The monoisotopic (exact) mass is 446 g/mol. The Balaban J connectivity index is 1.77. The van der Waals surface area contributed by atoms with Gasteiger partial charge in [0.05, 0.1) is 17.0 Å². The third-order valence-corrected chi connectivity index (χ3v) is 5.79. The second-order valence-electron chi connectivity index (χ2n) is 6.37. The zero-order valence-corrected chi connectivity index (χ0v) is 16.8. The Morgan fingerprint density at radius 2 is 1.73 bits per heavy atom. The summed E-state index contributed by atoms with van der Waals surface area (Å²) >= 11 is 0. The lowest BCUT2D eigenvalue weighted by atomic mass is 10.2. The van der Waals surface area contributed by atoms with Crippen molar-refractivity contribution in [1.82, 2.24) is 9.62 Å². The van der Waals surface area contributed by atoms with Crippen LogP contribution in [0, 0.1) is 0 Å². The highest BCUT2D eigenvalue weighted by atomic mass is 32.2. The number of carbonyl (C=O) groups excluding carboxylic acids is 1. The van der Waals surface area contributed by atoms with Crippen LogP contribution in [0.1, 0.15) is 5.56 Å². The number of aliphatic hydroxyl groups is 1. The fourth-order valence-electron chi connectivity index (χ4n) is 2.34. The number of sulfonamides is 1. The van der Waals surface area contributed by atoms with Gasteiger partial charge in [0, 0.05) is 13.6 Å². The van der Waals surface area contributed by atoms with Crippen molar-refractivity contribution in [1.29, 1.82) is 0 Å². The van der Waals surface area contributed by atoms with Crippen molar-refractivity contribution in [3.8, 4) is 5.75 Å². The first-order chi connectivity index (χ1) is 14.0. The topological polar surface area (TPSA) is 95.9 Å². The molecule has 0 saturated carbocycles. The molecule has 1 amide bonds. The number of alkyl halides is 3. The highest BCUT2D eigenvalue weighted by Crippen LogP contribution is 2.30. The third-order valence-electron chi connectivity index (χ3n) is 3.98. The predicted octanol–water partition coefficient (Wildman–Crippen LogP) is 1.88. The lowest BCUT2D eigenvalue weighted by molar-refractivity contribution is -0.137. The lowest BCUT2D eigenvalue weighted by Crippen LogP contribution is -2.42. The molecule has 0 radical (unpaired) electrons. The first-order valence-corrected chi connectivity index (χ1v) is 10.2. The van der Waals surface area contributed by atoms with E-state index in [4.69, 9.17) is 4.74 Å². The Bertz CT molecular complexity index is 935. The second-order valence-corrected chi connectivity index (χ2v) is 8.41. The Labute approximate surface area is 172 Å². The summed E-state index contributed by atoms with van der Waals surface area (Å²) in [6, 6.07) is 11.6. The molecule has 0 aromatic heterocycles. The van der Waals surface area contributed by atoms with Crippen LogP contribution in [0.2, 0.25) is 0 Å². The van der Waals surface area contributed by atoms with E-state index in [1.165, 1.54) is 19.2 Å². The molecule has 0 heterocycles. The van der Waals surface area contributed by atoms with E-state index < -0.39 is 40.3 Å². The van der Waals surface area contributed by atoms with Gasteiger partial charge in [0.15, 0.2) is 0 Å². The van der Waals surface area contributed by atoms with Crippen LogP contribution in [0.5, 0.6) is 5.75 Å². The minimum absolute atomic E-state index is 0.0466. The van der Waals surface area contributed by atoms with Crippen LogP contribution < -0.4 is 10.1 Å². The molecule has 164 valence electrons. The van der Waals surface area contributed by atoms with Crippen LogP contribution in [0.3, 0.4) is 0 Å². The average Bonchev–Trinajstić information content (AvgIpc) is 2.71. The number of carbonyl (C=O) groups is 1. The summed E-state index contributed by atoms with van der Waals surface area (Å²) in [5.41, 5.74) is -0.822. The molecule has 0 aliphatic rings. The lowest BCUT2D eigenvalue weighted by Gasteiger charge is -2.18. The molecule has 2 aromatic carbocycles. The summed E-state index contributed by atoms with van der Waals surface area (Å²) in [5, 5.41) is 12.2. The maximum atomic E-state index is 12.5. The van der Waals surface area contributed by atoms with E-state index in [1.807, 2.05) is 0 Å². The summed E-state index contributed by atoms with van der Waals surface area (Å²) in [4.78, 5) is 12.0. The fourth-order valence-corrected chi connectivity index (χ4v) is 3.49. The molecule has 0 saturated heterocycles. The fraction of sp³-hybridized carbons (Fsp3) is 0.316. The first kappa shape index (κ1) is 23.6. The van der Waals surface area contributed by atoms with E-state index >= 15 is 0 Å². The van der Waals surface area contributed by atoms with Crippen molar-refractivity contribution in [2.75, 3.05) is 26.7 Å². The number of nitrogens with zero attached hydrogens (tertiary/aromatic N) is 1. The van der Waals surface area contributed by atoms with Crippen LogP contribution in [0.15, 0.2) is 59.5 Å². The van der Waals surface area contributed by atoms with Gasteiger partial charge in [-0.1, -0.05) is 18.2 Å². The van der Waals surface area contributed by atoms with Gasteiger partial charge in [-0.05, 0) is 36.4 Å². The van der Waals surface area contributed by atoms with Crippen molar-refractivity contribution in [3.63, 3.8) is 0 Å². The summed E-state index contributed by atoms with van der Waals surface area (Å²) in [5.74, 6) is -0.507. The first-order valence-electron chi connectivity index (χ1n) is 8.76. The van der Waals surface area contributed by atoms with E-state index in [0.717, 1.165) is 28.6 Å². The summed E-state index contributed by atoms with van der Waals surface area (Å²) in [6.07, 6.45) is -5.60. The number of aliphatic hydroxyl groups excluding tert-OH is 1. The zero-order chi connectivity index (χ0) is 22.4. The van der Waals surface area contributed by atoms with Gasteiger partial charge in [-0.3, -0.25) is 4.79 Å². The molecule has 0 aliphatic carbocycles. The Hall–Kier alpha value is -2.63. The van der Waals surface area contributed by atoms with Crippen LogP contribution in [-0.4, -0.2) is 56.6 Å². The second kappa shape index (κ2) is 9.92. The molecule has 7 nitrogen and oxygen atoms in total. The zero-order valence-electron chi connectivity index (χ0n) is 16.0. The van der Waals surface area contributed by atoms with Crippen LogP contribution >= 0.6 is 0 Å². The number of likely N-dealkylation sites (N-methyl/N-ethyl adjacent to an activating group) is 1. The SMILES string of the molecule is CN(CC(=O)NCC(O)COc1ccc(C(F)(F)F)cc1)S(=O)(=O)c1ccccc1. The molecule has 30 heavy (non-hydrogen) atoms. The van der Waals surface area contributed by atoms with E-state index in [0.29, 0.717) is 0 Å². The number of ether oxygens (including phenoxy) is 1. The number of halogens is 3. The normalized spacial score (nSPS) is 13.1. The molecular weight excluding hydrogens is 425 g/mol. The van der Waals surface area contributed by atoms with E-state index in [1.54, 1.807) is 18.2 Å². The Morgan fingerprint density at radius 1 is 1.13 bits per heavy atom. The Kier molecular flexibility index (Phi) is 7.82. The maximum absolute atomic E-state index is 12.5. The van der Waals surface area contributed by atoms with Gasteiger partial charge in [0.25, 0.3) is 0 Å². The average molecular weight is 446 g/mol. The molecule has 2 N–H and O–H groups in total. The standard InChI is InChI=1S/C19H21F3N2O5S/c1-24(30(27,28)17-5-3-2-4-6-17)12-18(26)23-11-15(25)13-29-16-9-7-14(8-10-16)19(20,21)22/h2-10,15,25H,11-13H2,1H3,(H,23,26). The maximum Gasteiger partial charge on any atom is 0.416 e. The van der Waals surface area contributed by atoms with Crippen LogP contribution in [0.4, 0.5) is 13.2 Å². The molecule has 11 heteroatoms. The van der Waals surface area contributed by atoms with E-state index in [9.17, 15) is 31.5 Å².